The predicted octanol–water partition coefficient (Wildman–Crippen LogP) is 3.31. The van der Waals surface area contributed by atoms with Gasteiger partial charge in [-0.3, -0.25) is 9.69 Å². The van der Waals surface area contributed by atoms with E-state index in [4.69, 9.17) is 4.74 Å². The molecule has 1 fully saturated rings. The van der Waals surface area contributed by atoms with Crippen molar-refractivity contribution in [3.05, 3.63) is 59.4 Å². The molecule has 0 spiro atoms. The molecule has 0 saturated carbocycles. The Hall–Kier alpha value is -3.03. The van der Waals surface area contributed by atoms with Crippen molar-refractivity contribution in [2.45, 2.75) is 0 Å². The Morgan fingerprint density at radius 1 is 1.04 bits per heavy atom. The maximum atomic E-state index is 13.6. The second-order valence-corrected chi connectivity index (χ2v) is 4.99. The number of carbonyl (C=O) groups is 2. The summed E-state index contributed by atoms with van der Waals surface area (Å²) < 4.78 is 44.4. The summed E-state index contributed by atoms with van der Waals surface area (Å²) in [4.78, 5) is 24.9. The normalized spacial score (nSPS) is 13.8. The highest BCUT2D eigenvalue weighted by Gasteiger charge is 2.23. The van der Waals surface area contributed by atoms with Crippen molar-refractivity contribution in [1.82, 2.24) is 0 Å². The van der Waals surface area contributed by atoms with Gasteiger partial charge in [0, 0.05) is 11.3 Å². The number of nitrogens with one attached hydrogen (secondary N) is 1. The number of carbonyl (C=O) groups excluding carboxylic acids is 2. The van der Waals surface area contributed by atoms with Crippen LogP contribution in [0.5, 0.6) is 0 Å². The third kappa shape index (κ3) is 2.90. The highest BCUT2D eigenvalue weighted by atomic mass is 19.2. The van der Waals surface area contributed by atoms with Gasteiger partial charge < -0.3 is 10.1 Å². The van der Waals surface area contributed by atoms with Gasteiger partial charge in [-0.1, -0.05) is 0 Å². The van der Waals surface area contributed by atoms with Crippen LogP contribution in [-0.2, 0) is 4.74 Å². The van der Waals surface area contributed by atoms with Gasteiger partial charge in [-0.25, -0.2) is 18.0 Å². The average molecular weight is 336 g/mol. The van der Waals surface area contributed by atoms with Gasteiger partial charge in [-0.05, 0) is 36.4 Å². The Kier molecular flexibility index (Phi) is 4.11. The molecule has 5 nitrogen and oxygen atoms in total. The monoisotopic (exact) mass is 336 g/mol. The quantitative estimate of drug-likeness (QED) is 0.875. The number of hydrogen-bond donors (Lipinski definition) is 1. The van der Waals surface area contributed by atoms with E-state index in [9.17, 15) is 22.8 Å². The lowest BCUT2D eigenvalue weighted by Crippen LogP contribution is -2.23. The fourth-order valence-electron chi connectivity index (χ4n) is 2.24. The molecule has 0 aromatic heterocycles. The molecule has 0 bridgehead atoms. The first kappa shape index (κ1) is 15.9. The molecule has 124 valence electrons. The summed E-state index contributed by atoms with van der Waals surface area (Å²) in [6, 6.07) is 7.56. The van der Waals surface area contributed by atoms with Gasteiger partial charge in [0.15, 0.2) is 17.5 Å². The van der Waals surface area contributed by atoms with Crippen LogP contribution in [0.4, 0.5) is 29.3 Å². The smallest absolute Gasteiger partial charge is 0.414 e. The van der Waals surface area contributed by atoms with Gasteiger partial charge in [0.25, 0.3) is 5.91 Å². The summed E-state index contributed by atoms with van der Waals surface area (Å²) >= 11 is 0. The minimum atomic E-state index is -1.66. The lowest BCUT2D eigenvalue weighted by atomic mass is 10.1. The molecular weight excluding hydrogens is 325 g/mol. The fraction of sp³-hybridized carbons (Fsp3) is 0.125. The lowest BCUT2D eigenvalue weighted by molar-refractivity contribution is 0.102. The zero-order chi connectivity index (χ0) is 17.3. The van der Waals surface area contributed by atoms with Crippen molar-refractivity contribution < 1.29 is 27.5 Å². The molecule has 1 saturated heterocycles. The van der Waals surface area contributed by atoms with Crippen molar-refractivity contribution >= 4 is 23.4 Å². The molecule has 0 aliphatic carbocycles. The number of hydrogen-bond acceptors (Lipinski definition) is 3. The van der Waals surface area contributed by atoms with E-state index in [1.807, 2.05) is 0 Å². The number of nitrogens with zero attached hydrogens (tertiary/aromatic N) is 1. The van der Waals surface area contributed by atoms with Crippen LogP contribution in [0.2, 0.25) is 0 Å². The summed E-state index contributed by atoms with van der Waals surface area (Å²) in [6.07, 6.45) is -0.476. The molecule has 3 rings (SSSR count). The average Bonchev–Trinajstić information content (AvgIpc) is 3.01. The zero-order valence-corrected chi connectivity index (χ0v) is 12.2. The number of halogens is 3. The van der Waals surface area contributed by atoms with E-state index in [1.54, 1.807) is 0 Å². The summed E-state index contributed by atoms with van der Waals surface area (Å²) in [5, 5.41) is 2.17. The molecule has 2 aromatic carbocycles. The second kappa shape index (κ2) is 6.23. The van der Waals surface area contributed by atoms with Crippen LogP contribution in [0, 0.1) is 17.5 Å². The highest BCUT2D eigenvalue weighted by Crippen LogP contribution is 2.22. The van der Waals surface area contributed by atoms with Crippen molar-refractivity contribution in [2.24, 2.45) is 0 Å². The van der Waals surface area contributed by atoms with Gasteiger partial charge in [-0.2, -0.15) is 0 Å². The van der Waals surface area contributed by atoms with Crippen LogP contribution in [0.25, 0.3) is 0 Å². The molecule has 8 heteroatoms. The molecule has 1 aliphatic rings. The van der Waals surface area contributed by atoms with Gasteiger partial charge in [0.1, 0.15) is 6.61 Å². The number of benzene rings is 2. The topological polar surface area (TPSA) is 58.6 Å². The van der Waals surface area contributed by atoms with Crippen LogP contribution in [0.15, 0.2) is 36.4 Å². The Morgan fingerprint density at radius 2 is 1.75 bits per heavy atom. The first-order chi connectivity index (χ1) is 11.5. The predicted molar refractivity (Wildman–Crippen MR) is 79.4 cm³/mol. The first-order valence-corrected chi connectivity index (χ1v) is 6.96. The van der Waals surface area contributed by atoms with E-state index < -0.39 is 35.1 Å². The van der Waals surface area contributed by atoms with Crippen LogP contribution < -0.4 is 10.2 Å². The number of anilines is 2. The van der Waals surface area contributed by atoms with E-state index in [1.165, 1.54) is 29.2 Å². The largest absolute Gasteiger partial charge is 0.447 e. The summed E-state index contributed by atoms with van der Waals surface area (Å²) in [5.41, 5.74) is 0.245. The van der Waals surface area contributed by atoms with Gasteiger partial charge in [-0.15, -0.1) is 0 Å². The third-order valence-corrected chi connectivity index (χ3v) is 3.49. The van der Waals surface area contributed by atoms with Crippen LogP contribution in [-0.4, -0.2) is 25.2 Å². The van der Waals surface area contributed by atoms with E-state index in [-0.39, 0.29) is 12.2 Å². The highest BCUT2D eigenvalue weighted by molar-refractivity contribution is 6.04. The number of rotatable bonds is 3. The molecule has 2 amide bonds. The van der Waals surface area contributed by atoms with Crippen LogP contribution >= 0.6 is 0 Å². The summed E-state index contributed by atoms with van der Waals surface area (Å²) in [6.45, 7) is 0.695. The summed E-state index contributed by atoms with van der Waals surface area (Å²) in [7, 11) is 0. The van der Waals surface area contributed by atoms with E-state index in [0.717, 1.165) is 12.1 Å². The molecule has 1 N–H and O–H groups in total. The van der Waals surface area contributed by atoms with Crippen molar-refractivity contribution in [1.29, 1.82) is 0 Å². The maximum absolute atomic E-state index is 13.6. The molecule has 2 aromatic rings. The van der Waals surface area contributed by atoms with Crippen LogP contribution in [0.1, 0.15) is 10.4 Å². The Balaban J connectivity index is 1.76. The van der Waals surface area contributed by atoms with Crippen molar-refractivity contribution in [3.63, 3.8) is 0 Å². The van der Waals surface area contributed by atoms with Crippen molar-refractivity contribution in [3.8, 4) is 0 Å². The van der Waals surface area contributed by atoms with E-state index in [2.05, 4.69) is 5.32 Å². The SMILES string of the molecule is O=C(Nc1ccc(F)c(F)c1F)c1ccc(N2CCOC2=O)cc1. The van der Waals surface area contributed by atoms with E-state index in [0.29, 0.717) is 12.2 Å². The molecule has 0 atom stereocenters. The number of ether oxygens (including phenoxy) is 1. The molecule has 1 heterocycles. The number of cyclic esters (lactones) is 1. The number of amides is 2. The molecule has 1 aliphatic heterocycles. The van der Waals surface area contributed by atoms with Gasteiger partial charge in [0.2, 0.25) is 0 Å². The Labute approximate surface area is 134 Å². The Morgan fingerprint density at radius 3 is 2.38 bits per heavy atom. The first-order valence-electron chi connectivity index (χ1n) is 6.96. The minimum Gasteiger partial charge on any atom is -0.447 e. The Bertz CT molecular complexity index is 809. The van der Waals surface area contributed by atoms with Crippen molar-refractivity contribution in [2.75, 3.05) is 23.4 Å². The molecular formula is C16H11F3N2O3. The van der Waals surface area contributed by atoms with E-state index >= 15 is 0 Å². The summed E-state index contributed by atoms with van der Waals surface area (Å²) in [5.74, 6) is -5.17. The minimum absolute atomic E-state index is 0.162. The molecule has 24 heavy (non-hydrogen) atoms. The lowest BCUT2D eigenvalue weighted by Gasteiger charge is -2.13. The fourth-order valence-corrected chi connectivity index (χ4v) is 2.24. The maximum Gasteiger partial charge on any atom is 0.414 e. The van der Waals surface area contributed by atoms with Gasteiger partial charge in [0.05, 0.1) is 12.2 Å². The third-order valence-electron chi connectivity index (χ3n) is 3.49. The zero-order valence-electron chi connectivity index (χ0n) is 12.2. The second-order valence-electron chi connectivity index (χ2n) is 4.99. The molecule has 0 unspecified atom stereocenters. The molecule has 0 radical (unpaired) electrons. The van der Waals surface area contributed by atoms with Crippen LogP contribution in [0.3, 0.4) is 0 Å². The van der Waals surface area contributed by atoms with Gasteiger partial charge >= 0.3 is 6.09 Å². The standard InChI is InChI=1S/C16H11F3N2O3/c17-11-5-6-12(14(19)13(11)18)20-15(22)9-1-3-10(4-2-9)21-7-8-24-16(21)23/h1-6H,7-8H2,(H,20,22).